The van der Waals surface area contributed by atoms with Gasteiger partial charge < -0.3 is 15.1 Å². The number of alkyl halides is 1. The molecule has 2 rings (SSSR count). The predicted octanol–water partition coefficient (Wildman–Crippen LogP) is 2.10. The van der Waals surface area contributed by atoms with Crippen molar-refractivity contribution in [3.05, 3.63) is 23.8 Å². The van der Waals surface area contributed by atoms with E-state index in [1.165, 1.54) is 18.2 Å². The Bertz CT molecular complexity index is 428. The second-order valence-electron chi connectivity index (χ2n) is 4.17. The van der Waals surface area contributed by atoms with Crippen molar-refractivity contribution in [2.24, 2.45) is 0 Å². The molecular formula is C12H14BrNO3. The number of aromatic hydroxyl groups is 2. The van der Waals surface area contributed by atoms with Crippen LogP contribution >= 0.6 is 15.9 Å². The van der Waals surface area contributed by atoms with Gasteiger partial charge in [-0.3, -0.25) is 4.79 Å². The highest BCUT2D eigenvalue weighted by atomic mass is 79.9. The van der Waals surface area contributed by atoms with Crippen molar-refractivity contribution in [1.29, 1.82) is 0 Å². The van der Waals surface area contributed by atoms with Crippen LogP contribution in [0.4, 0.5) is 0 Å². The van der Waals surface area contributed by atoms with Gasteiger partial charge in [-0.15, -0.1) is 0 Å². The van der Waals surface area contributed by atoms with Crippen molar-refractivity contribution < 1.29 is 15.0 Å². The summed E-state index contributed by atoms with van der Waals surface area (Å²) in [5, 5.41) is 18.6. The molecule has 0 spiro atoms. The zero-order valence-electron chi connectivity index (χ0n) is 9.27. The third kappa shape index (κ3) is 2.72. The number of hydrogen-bond donors (Lipinski definition) is 2. The fraction of sp³-hybridized carbons (Fsp3) is 0.417. The quantitative estimate of drug-likeness (QED) is 0.617. The van der Waals surface area contributed by atoms with Gasteiger partial charge in [-0.1, -0.05) is 15.9 Å². The van der Waals surface area contributed by atoms with Gasteiger partial charge in [0.15, 0.2) is 11.5 Å². The van der Waals surface area contributed by atoms with Crippen LogP contribution in [0.1, 0.15) is 23.2 Å². The summed E-state index contributed by atoms with van der Waals surface area (Å²) in [5.41, 5.74) is 0.410. The van der Waals surface area contributed by atoms with E-state index >= 15 is 0 Å². The molecule has 0 saturated carbocycles. The van der Waals surface area contributed by atoms with Crippen LogP contribution < -0.4 is 0 Å². The van der Waals surface area contributed by atoms with Crippen molar-refractivity contribution in [1.82, 2.24) is 4.90 Å². The summed E-state index contributed by atoms with van der Waals surface area (Å²) < 4.78 is 0. The monoisotopic (exact) mass is 299 g/mol. The Balaban J connectivity index is 2.11. The highest BCUT2D eigenvalue weighted by molar-refractivity contribution is 9.09. The van der Waals surface area contributed by atoms with E-state index in [-0.39, 0.29) is 17.4 Å². The minimum Gasteiger partial charge on any atom is -0.504 e. The van der Waals surface area contributed by atoms with Gasteiger partial charge in [-0.25, -0.2) is 0 Å². The number of rotatable bonds is 1. The third-order valence-corrected chi connectivity index (χ3v) is 3.85. The molecule has 2 N–H and O–H groups in total. The van der Waals surface area contributed by atoms with Crippen molar-refractivity contribution in [2.75, 3.05) is 13.1 Å². The van der Waals surface area contributed by atoms with Crippen LogP contribution in [0.5, 0.6) is 11.5 Å². The Hall–Kier alpha value is -1.23. The molecule has 0 radical (unpaired) electrons. The van der Waals surface area contributed by atoms with Crippen molar-refractivity contribution >= 4 is 21.8 Å². The zero-order valence-corrected chi connectivity index (χ0v) is 10.9. The van der Waals surface area contributed by atoms with Gasteiger partial charge >= 0.3 is 0 Å². The Kier molecular flexibility index (Phi) is 3.57. The van der Waals surface area contributed by atoms with E-state index < -0.39 is 0 Å². The number of amides is 1. The number of nitrogens with zero attached hydrogens (tertiary/aromatic N) is 1. The Morgan fingerprint density at radius 1 is 1.24 bits per heavy atom. The summed E-state index contributed by atoms with van der Waals surface area (Å²) in [7, 11) is 0. The van der Waals surface area contributed by atoms with Crippen molar-refractivity contribution in [3.63, 3.8) is 0 Å². The normalized spacial score (nSPS) is 17.1. The second kappa shape index (κ2) is 4.96. The summed E-state index contributed by atoms with van der Waals surface area (Å²) in [5.74, 6) is -0.563. The number of likely N-dealkylation sites (tertiary alicyclic amines) is 1. The van der Waals surface area contributed by atoms with Crippen LogP contribution in [0.15, 0.2) is 18.2 Å². The lowest BCUT2D eigenvalue weighted by Gasteiger charge is -2.29. The first-order valence-corrected chi connectivity index (χ1v) is 6.45. The first-order valence-electron chi connectivity index (χ1n) is 5.53. The highest BCUT2D eigenvalue weighted by Crippen LogP contribution is 2.26. The topological polar surface area (TPSA) is 60.8 Å². The predicted molar refractivity (Wildman–Crippen MR) is 67.6 cm³/mol. The largest absolute Gasteiger partial charge is 0.504 e. The van der Waals surface area contributed by atoms with Crippen LogP contribution in [0.3, 0.4) is 0 Å². The molecule has 1 heterocycles. The maximum atomic E-state index is 12.1. The van der Waals surface area contributed by atoms with Crippen LogP contribution in [-0.2, 0) is 0 Å². The molecule has 17 heavy (non-hydrogen) atoms. The molecule has 1 amide bonds. The molecule has 4 nitrogen and oxygen atoms in total. The van der Waals surface area contributed by atoms with Gasteiger partial charge in [-0.2, -0.15) is 0 Å². The minimum absolute atomic E-state index is 0.0975. The van der Waals surface area contributed by atoms with E-state index in [4.69, 9.17) is 0 Å². The Morgan fingerprint density at radius 3 is 2.47 bits per heavy atom. The smallest absolute Gasteiger partial charge is 0.253 e. The van der Waals surface area contributed by atoms with Crippen molar-refractivity contribution in [2.45, 2.75) is 17.7 Å². The number of carbonyl (C=O) groups is 1. The number of phenols is 2. The highest BCUT2D eigenvalue weighted by Gasteiger charge is 2.22. The number of carbonyl (C=O) groups excluding carboxylic acids is 1. The Labute approximate surface area is 108 Å². The maximum Gasteiger partial charge on any atom is 0.253 e. The van der Waals surface area contributed by atoms with E-state index in [0.29, 0.717) is 10.4 Å². The van der Waals surface area contributed by atoms with Gasteiger partial charge in [0.2, 0.25) is 0 Å². The van der Waals surface area contributed by atoms with Crippen LogP contribution in [0, 0.1) is 0 Å². The summed E-state index contributed by atoms with van der Waals surface area (Å²) in [6, 6.07) is 4.16. The maximum absolute atomic E-state index is 12.1. The molecule has 1 saturated heterocycles. The Morgan fingerprint density at radius 2 is 1.88 bits per heavy atom. The van der Waals surface area contributed by atoms with E-state index in [2.05, 4.69) is 15.9 Å². The summed E-state index contributed by atoms with van der Waals surface area (Å²) in [6.45, 7) is 1.44. The van der Waals surface area contributed by atoms with E-state index in [0.717, 1.165) is 25.9 Å². The third-order valence-electron chi connectivity index (χ3n) is 2.93. The number of phenolic OH excluding ortho intramolecular Hbond substituents is 2. The lowest BCUT2D eigenvalue weighted by Crippen LogP contribution is -2.38. The molecule has 0 bridgehead atoms. The molecule has 0 unspecified atom stereocenters. The lowest BCUT2D eigenvalue weighted by molar-refractivity contribution is 0.0728. The lowest BCUT2D eigenvalue weighted by atomic mass is 10.1. The summed E-state index contributed by atoms with van der Waals surface area (Å²) >= 11 is 3.53. The molecule has 0 aliphatic carbocycles. The molecule has 1 aliphatic heterocycles. The molecule has 1 aliphatic rings. The molecule has 5 heteroatoms. The number of piperidine rings is 1. The van der Waals surface area contributed by atoms with Gasteiger partial charge in [-0.05, 0) is 31.0 Å². The van der Waals surface area contributed by atoms with Gasteiger partial charge in [0, 0.05) is 23.5 Å². The van der Waals surface area contributed by atoms with Gasteiger partial charge in [0.1, 0.15) is 0 Å². The molecule has 1 aromatic carbocycles. The van der Waals surface area contributed by atoms with Crippen molar-refractivity contribution in [3.8, 4) is 11.5 Å². The standard InChI is InChI=1S/C12H14BrNO3/c13-9-3-5-14(6-4-9)12(17)8-1-2-10(15)11(16)7-8/h1-2,7,9,15-16H,3-6H2. The first kappa shape index (κ1) is 12.2. The van der Waals surface area contributed by atoms with Crippen LogP contribution in [0.25, 0.3) is 0 Å². The molecule has 1 fully saturated rings. The summed E-state index contributed by atoms with van der Waals surface area (Å²) in [4.78, 5) is 14.3. The molecular weight excluding hydrogens is 286 g/mol. The van der Waals surface area contributed by atoms with Crippen LogP contribution in [0.2, 0.25) is 0 Å². The molecule has 0 atom stereocenters. The number of hydrogen-bond acceptors (Lipinski definition) is 3. The average Bonchev–Trinajstić information content (AvgIpc) is 2.33. The van der Waals surface area contributed by atoms with Gasteiger partial charge in [0.25, 0.3) is 5.91 Å². The van der Waals surface area contributed by atoms with Crippen LogP contribution in [-0.4, -0.2) is 38.9 Å². The zero-order chi connectivity index (χ0) is 12.4. The molecule has 1 aromatic rings. The summed E-state index contributed by atoms with van der Waals surface area (Å²) in [6.07, 6.45) is 1.88. The van der Waals surface area contributed by atoms with E-state index in [9.17, 15) is 15.0 Å². The minimum atomic E-state index is -0.258. The van der Waals surface area contributed by atoms with E-state index in [1.54, 1.807) is 4.90 Å². The molecule has 92 valence electrons. The molecule has 0 aromatic heterocycles. The second-order valence-corrected chi connectivity index (χ2v) is 5.47. The number of halogens is 1. The van der Waals surface area contributed by atoms with Gasteiger partial charge in [0.05, 0.1) is 0 Å². The SMILES string of the molecule is O=C(c1ccc(O)c(O)c1)N1CCC(Br)CC1. The van der Waals surface area contributed by atoms with E-state index in [1.807, 2.05) is 0 Å². The fourth-order valence-corrected chi connectivity index (χ4v) is 2.30. The fourth-order valence-electron chi connectivity index (χ4n) is 1.89. The first-order chi connectivity index (χ1) is 8.08. The average molecular weight is 300 g/mol. The number of benzene rings is 1.